The number of nitrogen functional groups attached to an aromatic ring is 1. The van der Waals surface area contributed by atoms with Gasteiger partial charge in [-0.1, -0.05) is 11.3 Å². The summed E-state index contributed by atoms with van der Waals surface area (Å²) >= 11 is 2.80. The summed E-state index contributed by atoms with van der Waals surface area (Å²) in [7, 11) is 0. The third-order valence-electron chi connectivity index (χ3n) is 1.27. The summed E-state index contributed by atoms with van der Waals surface area (Å²) in [6, 6.07) is 0. The molecule has 2 heterocycles. The Balaban J connectivity index is 2.14. The molecule has 0 unspecified atom stereocenters. The average molecular weight is 213 g/mol. The van der Waals surface area contributed by atoms with Crippen LogP contribution in [0, 0.1) is 6.92 Å². The first-order valence-electron chi connectivity index (χ1n) is 3.55. The zero-order valence-electron chi connectivity index (χ0n) is 6.85. The molecule has 0 aromatic carbocycles. The van der Waals surface area contributed by atoms with Crippen LogP contribution in [0.2, 0.25) is 0 Å². The van der Waals surface area contributed by atoms with Crippen LogP contribution in [-0.4, -0.2) is 9.97 Å². The van der Waals surface area contributed by atoms with Gasteiger partial charge in [0.25, 0.3) is 5.22 Å². The summed E-state index contributed by atoms with van der Waals surface area (Å²) in [5.41, 5.74) is 6.40. The fourth-order valence-corrected chi connectivity index (χ4v) is 2.39. The van der Waals surface area contributed by atoms with Crippen molar-refractivity contribution in [1.82, 2.24) is 9.97 Å². The van der Waals surface area contributed by atoms with Gasteiger partial charge in [0, 0.05) is 11.8 Å². The average Bonchev–Trinajstić information content (AvgIpc) is 2.62. The highest BCUT2D eigenvalue weighted by Crippen LogP contribution is 2.31. The zero-order valence-corrected chi connectivity index (χ0v) is 8.48. The summed E-state index contributed by atoms with van der Waals surface area (Å²) in [4.78, 5) is 8.21. The molecule has 2 aromatic rings. The molecule has 0 bridgehead atoms. The van der Waals surface area contributed by atoms with E-state index in [9.17, 15) is 0 Å². The van der Waals surface area contributed by atoms with E-state index in [2.05, 4.69) is 9.97 Å². The Bertz CT molecular complexity index is 371. The van der Waals surface area contributed by atoms with Gasteiger partial charge in [0.1, 0.15) is 11.3 Å². The van der Waals surface area contributed by atoms with Gasteiger partial charge in [0.2, 0.25) is 0 Å². The van der Waals surface area contributed by atoms with E-state index in [-0.39, 0.29) is 0 Å². The lowest BCUT2D eigenvalue weighted by Gasteiger charge is -1.86. The highest BCUT2D eigenvalue weighted by Gasteiger charge is 2.06. The minimum absolute atomic E-state index is 0.604. The SMILES string of the molecule is Cc1coc(Sc2ncc(N)s2)n1. The molecule has 0 amide bonds. The molecule has 0 aliphatic heterocycles. The van der Waals surface area contributed by atoms with Crippen molar-refractivity contribution in [2.45, 2.75) is 16.5 Å². The molecule has 2 aromatic heterocycles. The third-order valence-corrected chi connectivity index (χ3v) is 3.04. The second-order valence-corrected chi connectivity index (χ2v) is 4.65. The summed E-state index contributed by atoms with van der Waals surface area (Å²) in [5.74, 6) is 0. The second kappa shape index (κ2) is 3.39. The van der Waals surface area contributed by atoms with Gasteiger partial charge in [-0.25, -0.2) is 9.97 Å². The van der Waals surface area contributed by atoms with Gasteiger partial charge in [-0.05, 0) is 6.92 Å². The predicted octanol–water partition coefficient (Wildman–Crippen LogP) is 2.17. The maximum atomic E-state index is 5.53. The molecule has 6 heteroatoms. The van der Waals surface area contributed by atoms with E-state index in [1.807, 2.05) is 6.92 Å². The van der Waals surface area contributed by atoms with Gasteiger partial charge >= 0.3 is 0 Å². The van der Waals surface area contributed by atoms with E-state index in [1.54, 1.807) is 12.5 Å². The highest BCUT2D eigenvalue weighted by molar-refractivity contribution is 8.00. The molecule has 0 radical (unpaired) electrons. The second-order valence-electron chi connectivity index (χ2n) is 2.39. The molecule has 0 aliphatic rings. The summed E-state index contributed by atoms with van der Waals surface area (Å²) in [5, 5.41) is 1.30. The molecule has 68 valence electrons. The van der Waals surface area contributed by atoms with Gasteiger partial charge < -0.3 is 10.2 Å². The van der Waals surface area contributed by atoms with Crippen molar-refractivity contribution in [2.24, 2.45) is 0 Å². The maximum absolute atomic E-state index is 5.53. The third kappa shape index (κ3) is 2.02. The van der Waals surface area contributed by atoms with Crippen LogP contribution in [0.5, 0.6) is 0 Å². The number of hydrogen-bond acceptors (Lipinski definition) is 6. The van der Waals surface area contributed by atoms with Crippen molar-refractivity contribution in [1.29, 1.82) is 0 Å². The Morgan fingerprint density at radius 3 is 3.00 bits per heavy atom. The number of hydrogen-bond donors (Lipinski definition) is 1. The van der Waals surface area contributed by atoms with Gasteiger partial charge in [0.15, 0.2) is 4.34 Å². The number of aromatic nitrogens is 2. The lowest BCUT2D eigenvalue weighted by Crippen LogP contribution is -1.73. The molecular weight excluding hydrogens is 206 g/mol. The topological polar surface area (TPSA) is 64.9 Å². The van der Waals surface area contributed by atoms with Crippen molar-refractivity contribution in [3.8, 4) is 0 Å². The maximum Gasteiger partial charge on any atom is 0.263 e. The Labute approximate surface area is 83.2 Å². The Morgan fingerprint density at radius 2 is 2.46 bits per heavy atom. The molecule has 0 aliphatic carbocycles. The molecule has 4 nitrogen and oxygen atoms in total. The minimum Gasteiger partial charge on any atom is -0.439 e. The summed E-state index contributed by atoms with van der Waals surface area (Å²) in [6.45, 7) is 1.88. The van der Waals surface area contributed by atoms with Crippen LogP contribution in [0.1, 0.15) is 5.69 Å². The standard InChI is InChI=1S/C7H7N3OS2/c1-4-3-11-6(10-4)13-7-9-2-5(8)12-7/h2-3H,8H2,1H3. The normalized spacial score (nSPS) is 10.5. The predicted molar refractivity (Wildman–Crippen MR) is 51.9 cm³/mol. The summed E-state index contributed by atoms with van der Waals surface area (Å²) in [6.07, 6.45) is 3.24. The van der Waals surface area contributed by atoms with Gasteiger partial charge in [-0.2, -0.15) is 0 Å². The van der Waals surface area contributed by atoms with E-state index in [0.717, 1.165) is 10.0 Å². The number of aryl methyl sites for hydroxylation is 1. The zero-order chi connectivity index (χ0) is 9.26. The molecule has 13 heavy (non-hydrogen) atoms. The quantitative estimate of drug-likeness (QED) is 0.828. The first-order valence-corrected chi connectivity index (χ1v) is 5.18. The fourth-order valence-electron chi connectivity index (χ4n) is 0.771. The number of nitrogens with two attached hydrogens (primary N) is 1. The first-order chi connectivity index (χ1) is 6.24. The highest BCUT2D eigenvalue weighted by atomic mass is 32.2. The first kappa shape index (κ1) is 8.58. The number of nitrogens with zero attached hydrogens (tertiary/aromatic N) is 2. The molecular formula is C7H7N3OS2. The monoisotopic (exact) mass is 213 g/mol. The van der Waals surface area contributed by atoms with E-state index < -0.39 is 0 Å². The Morgan fingerprint density at radius 1 is 1.62 bits per heavy atom. The fraction of sp³-hybridized carbons (Fsp3) is 0.143. The molecule has 0 saturated carbocycles. The van der Waals surface area contributed by atoms with E-state index in [1.165, 1.54) is 23.1 Å². The molecule has 0 saturated heterocycles. The number of oxazole rings is 1. The van der Waals surface area contributed by atoms with E-state index >= 15 is 0 Å². The van der Waals surface area contributed by atoms with E-state index in [4.69, 9.17) is 10.2 Å². The molecule has 0 atom stereocenters. The molecule has 2 N–H and O–H groups in total. The van der Waals surface area contributed by atoms with Crippen molar-refractivity contribution in [3.05, 3.63) is 18.2 Å². The number of thiazole rings is 1. The lowest BCUT2D eigenvalue weighted by atomic mass is 10.6. The van der Waals surface area contributed by atoms with Crippen LogP contribution in [-0.2, 0) is 0 Å². The van der Waals surface area contributed by atoms with Crippen LogP contribution in [0.25, 0.3) is 0 Å². The van der Waals surface area contributed by atoms with Crippen LogP contribution in [0.15, 0.2) is 26.4 Å². The van der Waals surface area contributed by atoms with Crippen molar-refractivity contribution >= 4 is 28.1 Å². The Kier molecular flexibility index (Phi) is 2.24. The lowest BCUT2D eigenvalue weighted by molar-refractivity contribution is 0.454. The van der Waals surface area contributed by atoms with Crippen LogP contribution in [0.4, 0.5) is 5.00 Å². The van der Waals surface area contributed by atoms with Crippen molar-refractivity contribution in [2.75, 3.05) is 5.73 Å². The molecule has 2 rings (SSSR count). The minimum atomic E-state index is 0.604. The van der Waals surface area contributed by atoms with Crippen LogP contribution in [0.3, 0.4) is 0 Å². The van der Waals surface area contributed by atoms with Crippen molar-refractivity contribution < 1.29 is 4.42 Å². The van der Waals surface area contributed by atoms with Gasteiger partial charge in [0.05, 0.1) is 11.9 Å². The van der Waals surface area contributed by atoms with Gasteiger partial charge in [-0.15, -0.1) is 0 Å². The smallest absolute Gasteiger partial charge is 0.263 e. The largest absolute Gasteiger partial charge is 0.439 e. The molecule has 0 fully saturated rings. The van der Waals surface area contributed by atoms with E-state index in [0.29, 0.717) is 10.2 Å². The number of rotatable bonds is 2. The summed E-state index contributed by atoms with van der Waals surface area (Å²) < 4.78 is 6.00. The van der Waals surface area contributed by atoms with Crippen LogP contribution < -0.4 is 5.73 Å². The molecule has 0 spiro atoms. The van der Waals surface area contributed by atoms with Crippen LogP contribution >= 0.6 is 23.1 Å². The van der Waals surface area contributed by atoms with Crippen molar-refractivity contribution in [3.63, 3.8) is 0 Å². The Hall–Kier alpha value is -1.01. The number of anilines is 1. The van der Waals surface area contributed by atoms with Gasteiger partial charge in [-0.3, -0.25) is 0 Å².